The van der Waals surface area contributed by atoms with Gasteiger partial charge in [0.2, 0.25) is 0 Å². The van der Waals surface area contributed by atoms with E-state index in [0.29, 0.717) is 23.0 Å². The summed E-state index contributed by atoms with van der Waals surface area (Å²) in [6, 6.07) is 9.89. The van der Waals surface area contributed by atoms with E-state index in [2.05, 4.69) is 19.9 Å². The topological polar surface area (TPSA) is 57.2 Å². The lowest BCUT2D eigenvalue weighted by molar-refractivity contribution is 0.0684. The van der Waals surface area contributed by atoms with Gasteiger partial charge in [-0.1, -0.05) is 19.9 Å². The van der Waals surface area contributed by atoms with Crippen molar-refractivity contribution in [2.75, 3.05) is 28.4 Å². The molecule has 0 amide bonds. The van der Waals surface area contributed by atoms with Crippen LogP contribution in [0.25, 0.3) is 0 Å². The first-order valence-corrected chi connectivity index (χ1v) is 9.12. The molecule has 0 saturated carbocycles. The summed E-state index contributed by atoms with van der Waals surface area (Å²) >= 11 is 0. The summed E-state index contributed by atoms with van der Waals surface area (Å²) in [6.07, 6.45) is -0.550. The second-order valence-corrected chi connectivity index (χ2v) is 7.09. The minimum Gasteiger partial charge on any atom is -0.493 e. The minimum atomic E-state index is -0.550. The van der Waals surface area contributed by atoms with Crippen molar-refractivity contribution in [1.82, 2.24) is 0 Å². The summed E-state index contributed by atoms with van der Waals surface area (Å²) in [5, 5.41) is 10.9. The second-order valence-electron chi connectivity index (χ2n) is 7.09. The number of hydrogen-bond acceptors (Lipinski definition) is 5. The van der Waals surface area contributed by atoms with Crippen LogP contribution < -0.4 is 18.9 Å². The number of hydrogen-bond donors (Lipinski definition) is 1. The van der Waals surface area contributed by atoms with Crippen LogP contribution in [0.5, 0.6) is 23.0 Å². The average molecular weight is 372 g/mol. The van der Waals surface area contributed by atoms with Gasteiger partial charge >= 0.3 is 0 Å². The monoisotopic (exact) mass is 372 g/mol. The molecule has 0 heterocycles. The van der Waals surface area contributed by atoms with E-state index in [0.717, 1.165) is 16.7 Å². The lowest BCUT2D eigenvalue weighted by Gasteiger charge is -2.40. The van der Waals surface area contributed by atoms with Crippen molar-refractivity contribution >= 4 is 0 Å². The Labute approximate surface area is 160 Å². The third kappa shape index (κ3) is 3.21. The zero-order valence-corrected chi connectivity index (χ0v) is 16.8. The number of aliphatic hydroxyl groups excluding tert-OH is 1. The van der Waals surface area contributed by atoms with E-state index in [9.17, 15) is 5.11 Å². The standard InChI is InChI=1S/C22H28O5/c1-12-13(2)22(23)16-11-20(27-6)19(26-5)10-15(16)21(12)14-7-8-17(24-3)18(9-14)25-4/h7-13,21-23H,1-6H3/t12-,13+,21-,22-/m1/s1. The molecule has 2 aromatic rings. The summed E-state index contributed by atoms with van der Waals surface area (Å²) in [6.45, 7) is 4.26. The Bertz CT molecular complexity index is 817. The molecule has 0 aliphatic heterocycles. The van der Waals surface area contributed by atoms with E-state index >= 15 is 0 Å². The van der Waals surface area contributed by atoms with Crippen LogP contribution in [0.1, 0.15) is 42.6 Å². The summed E-state index contributed by atoms with van der Waals surface area (Å²) in [7, 11) is 6.50. The minimum absolute atomic E-state index is 0.0914. The van der Waals surface area contributed by atoms with Gasteiger partial charge in [0.05, 0.1) is 34.5 Å². The first-order chi connectivity index (χ1) is 13.0. The number of ether oxygens (including phenoxy) is 4. The Morgan fingerprint density at radius 2 is 1.19 bits per heavy atom. The van der Waals surface area contributed by atoms with E-state index < -0.39 is 6.10 Å². The first-order valence-electron chi connectivity index (χ1n) is 9.12. The molecule has 27 heavy (non-hydrogen) atoms. The predicted octanol–water partition coefficient (Wildman–Crippen LogP) is 4.17. The smallest absolute Gasteiger partial charge is 0.161 e. The molecule has 0 fully saturated rings. The number of fused-ring (bicyclic) bond motifs is 1. The van der Waals surface area contributed by atoms with Crippen molar-refractivity contribution in [3.05, 3.63) is 47.0 Å². The number of rotatable bonds is 5. The molecule has 0 saturated heterocycles. The number of aliphatic hydroxyl groups is 1. The molecule has 0 bridgehead atoms. The highest BCUT2D eigenvalue weighted by molar-refractivity contribution is 5.54. The molecule has 4 atom stereocenters. The Balaban J connectivity index is 2.20. The van der Waals surface area contributed by atoms with Crippen molar-refractivity contribution in [3.8, 4) is 23.0 Å². The van der Waals surface area contributed by atoms with Crippen LogP contribution in [0, 0.1) is 11.8 Å². The molecular formula is C22H28O5. The van der Waals surface area contributed by atoms with Gasteiger partial charge < -0.3 is 24.1 Å². The number of methoxy groups -OCH3 is 4. The van der Waals surface area contributed by atoms with Gasteiger partial charge in [0.15, 0.2) is 23.0 Å². The quantitative estimate of drug-likeness (QED) is 0.854. The highest BCUT2D eigenvalue weighted by atomic mass is 16.5. The fraction of sp³-hybridized carbons (Fsp3) is 0.455. The van der Waals surface area contributed by atoms with Crippen LogP contribution in [-0.2, 0) is 0 Å². The lowest BCUT2D eigenvalue weighted by Crippen LogP contribution is -2.30. The van der Waals surface area contributed by atoms with Gasteiger partial charge in [-0.25, -0.2) is 0 Å². The van der Waals surface area contributed by atoms with Crippen molar-refractivity contribution in [2.45, 2.75) is 25.9 Å². The van der Waals surface area contributed by atoms with Crippen molar-refractivity contribution in [2.24, 2.45) is 11.8 Å². The molecule has 1 aliphatic carbocycles. The molecule has 1 N–H and O–H groups in total. The highest BCUT2D eigenvalue weighted by Crippen LogP contribution is 2.51. The molecular weight excluding hydrogens is 344 g/mol. The summed E-state index contributed by atoms with van der Waals surface area (Å²) in [5.74, 6) is 3.10. The van der Waals surface area contributed by atoms with E-state index in [1.165, 1.54) is 0 Å². The van der Waals surface area contributed by atoms with Gasteiger partial charge in [0.1, 0.15) is 0 Å². The molecule has 0 unspecified atom stereocenters. The van der Waals surface area contributed by atoms with Crippen LogP contribution in [0.4, 0.5) is 0 Å². The van der Waals surface area contributed by atoms with E-state index in [4.69, 9.17) is 18.9 Å². The molecule has 0 spiro atoms. The van der Waals surface area contributed by atoms with Crippen LogP contribution in [-0.4, -0.2) is 33.5 Å². The third-order valence-electron chi connectivity index (χ3n) is 5.86. The Morgan fingerprint density at radius 1 is 0.667 bits per heavy atom. The van der Waals surface area contributed by atoms with Gasteiger partial charge in [-0.15, -0.1) is 0 Å². The maximum absolute atomic E-state index is 10.9. The van der Waals surface area contributed by atoms with Crippen molar-refractivity contribution < 1.29 is 24.1 Å². The Hall–Kier alpha value is -2.40. The molecule has 3 rings (SSSR count). The van der Waals surface area contributed by atoms with Crippen LogP contribution in [0.15, 0.2) is 30.3 Å². The fourth-order valence-corrected chi connectivity index (χ4v) is 4.12. The normalized spacial score (nSPS) is 24.1. The van der Waals surface area contributed by atoms with Crippen LogP contribution >= 0.6 is 0 Å². The molecule has 5 nitrogen and oxygen atoms in total. The molecule has 5 heteroatoms. The van der Waals surface area contributed by atoms with E-state index in [1.54, 1.807) is 28.4 Å². The third-order valence-corrected chi connectivity index (χ3v) is 5.86. The van der Waals surface area contributed by atoms with Gasteiger partial charge in [0.25, 0.3) is 0 Å². The Kier molecular flexibility index (Phi) is 5.51. The first kappa shape index (κ1) is 19.4. The maximum atomic E-state index is 10.9. The second kappa shape index (κ2) is 7.69. The lowest BCUT2D eigenvalue weighted by atomic mass is 9.66. The van der Waals surface area contributed by atoms with Crippen molar-refractivity contribution in [1.29, 1.82) is 0 Å². The summed E-state index contributed by atoms with van der Waals surface area (Å²) in [5.41, 5.74) is 3.06. The summed E-state index contributed by atoms with van der Waals surface area (Å²) in [4.78, 5) is 0. The highest BCUT2D eigenvalue weighted by Gasteiger charge is 2.39. The van der Waals surface area contributed by atoms with E-state index in [1.807, 2.05) is 24.3 Å². The molecule has 0 radical (unpaired) electrons. The fourth-order valence-electron chi connectivity index (χ4n) is 4.12. The molecule has 146 valence electrons. The SMILES string of the molecule is COc1ccc([C@@H]2c3cc(OC)c(OC)cc3[C@H](O)[C@@H](C)[C@H]2C)cc1OC. The maximum Gasteiger partial charge on any atom is 0.161 e. The van der Waals surface area contributed by atoms with Crippen LogP contribution in [0.2, 0.25) is 0 Å². The van der Waals surface area contributed by atoms with Crippen molar-refractivity contribution in [3.63, 3.8) is 0 Å². The van der Waals surface area contributed by atoms with Crippen LogP contribution in [0.3, 0.4) is 0 Å². The Morgan fingerprint density at radius 3 is 1.74 bits per heavy atom. The molecule has 2 aromatic carbocycles. The van der Waals surface area contributed by atoms with E-state index in [-0.39, 0.29) is 17.8 Å². The largest absolute Gasteiger partial charge is 0.493 e. The zero-order chi connectivity index (χ0) is 19.7. The van der Waals surface area contributed by atoms with Gasteiger partial charge in [-0.2, -0.15) is 0 Å². The number of benzene rings is 2. The predicted molar refractivity (Wildman–Crippen MR) is 104 cm³/mol. The van der Waals surface area contributed by atoms with Gasteiger partial charge in [-0.3, -0.25) is 0 Å². The van der Waals surface area contributed by atoms with Gasteiger partial charge in [-0.05, 0) is 52.8 Å². The summed E-state index contributed by atoms with van der Waals surface area (Å²) < 4.78 is 21.8. The zero-order valence-electron chi connectivity index (χ0n) is 16.8. The van der Waals surface area contributed by atoms with Gasteiger partial charge in [0, 0.05) is 5.92 Å². The molecule has 1 aliphatic rings. The molecule has 0 aromatic heterocycles. The average Bonchev–Trinajstić information content (AvgIpc) is 2.71.